The van der Waals surface area contributed by atoms with Crippen LogP contribution in [0, 0.1) is 0 Å². The third-order valence-electron chi connectivity index (χ3n) is 1.57. The fraction of sp³-hybridized carbons (Fsp3) is 0.714. The van der Waals surface area contributed by atoms with E-state index >= 15 is 0 Å². The Kier molecular flexibility index (Phi) is 4.28. The number of likely N-dealkylation sites (N-methyl/N-ethyl adjacent to an activating group) is 1. The number of ether oxygens (including phenoxy) is 1. The summed E-state index contributed by atoms with van der Waals surface area (Å²) in [5.41, 5.74) is 0. The summed E-state index contributed by atoms with van der Waals surface area (Å²) in [6.45, 7) is 2.04. The Hall–Kier alpha value is -1.10. The van der Waals surface area contributed by atoms with Gasteiger partial charge in [-0.05, 0) is 6.92 Å². The molecule has 0 aromatic rings. The molecule has 5 heteroatoms. The molecule has 0 rings (SSSR count). The van der Waals surface area contributed by atoms with Crippen LogP contribution < -0.4 is 0 Å². The van der Waals surface area contributed by atoms with Gasteiger partial charge in [-0.3, -0.25) is 4.79 Å². The van der Waals surface area contributed by atoms with Crippen molar-refractivity contribution in [3.05, 3.63) is 0 Å². The molecule has 0 saturated heterocycles. The quantitative estimate of drug-likeness (QED) is 0.591. The number of hydrogen-bond donors (Lipinski definition) is 1. The van der Waals surface area contributed by atoms with Gasteiger partial charge in [0.05, 0.1) is 12.6 Å². The van der Waals surface area contributed by atoms with Gasteiger partial charge in [-0.15, -0.1) is 0 Å². The van der Waals surface area contributed by atoms with Crippen LogP contribution in [-0.2, 0) is 14.3 Å². The molecule has 0 aliphatic heterocycles. The molecule has 0 bridgehead atoms. The van der Waals surface area contributed by atoms with Crippen LogP contribution in [0.15, 0.2) is 0 Å². The van der Waals surface area contributed by atoms with Crippen molar-refractivity contribution in [2.24, 2.45) is 0 Å². The van der Waals surface area contributed by atoms with Crippen molar-refractivity contribution in [2.75, 3.05) is 20.8 Å². The van der Waals surface area contributed by atoms with Gasteiger partial charge in [-0.25, -0.2) is 4.79 Å². The molecule has 70 valence electrons. The van der Waals surface area contributed by atoms with Crippen LogP contribution in [0.5, 0.6) is 0 Å². The van der Waals surface area contributed by atoms with Gasteiger partial charge in [-0.2, -0.15) is 0 Å². The second-order valence-corrected chi connectivity index (χ2v) is 2.53. The number of hydrogen-bond acceptors (Lipinski definition) is 3. The fourth-order valence-electron chi connectivity index (χ4n) is 0.704. The summed E-state index contributed by atoms with van der Waals surface area (Å²) in [4.78, 5) is 22.2. The topological polar surface area (TPSA) is 66.8 Å². The van der Waals surface area contributed by atoms with Crippen LogP contribution >= 0.6 is 0 Å². The summed E-state index contributed by atoms with van der Waals surface area (Å²) in [7, 11) is 2.93. The molecular formula is C7H13NO4. The van der Waals surface area contributed by atoms with Gasteiger partial charge in [0.15, 0.2) is 0 Å². The summed E-state index contributed by atoms with van der Waals surface area (Å²) in [6, 6.07) is -0.224. The van der Waals surface area contributed by atoms with E-state index in [1.165, 1.54) is 14.2 Å². The standard InChI is InChI=1S/C7H13NO4/c1-5(4-12-3)8(2)6(9)7(10)11/h5H,4H2,1-3H3,(H,10,11). The van der Waals surface area contributed by atoms with Gasteiger partial charge >= 0.3 is 11.9 Å². The lowest BCUT2D eigenvalue weighted by Crippen LogP contribution is -2.41. The Morgan fingerprint density at radius 2 is 2.08 bits per heavy atom. The van der Waals surface area contributed by atoms with Gasteiger partial charge in [0.1, 0.15) is 0 Å². The van der Waals surface area contributed by atoms with Crippen molar-refractivity contribution in [3.8, 4) is 0 Å². The van der Waals surface area contributed by atoms with Crippen LogP contribution in [-0.4, -0.2) is 48.7 Å². The first-order valence-electron chi connectivity index (χ1n) is 3.49. The Labute approximate surface area is 70.9 Å². The highest BCUT2D eigenvalue weighted by Crippen LogP contribution is 1.96. The van der Waals surface area contributed by atoms with E-state index in [2.05, 4.69) is 0 Å². The Balaban J connectivity index is 4.09. The highest BCUT2D eigenvalue weighted by Gasteiger charge is 2.21. The number of aliphatic carboxylic acids is 1. The largest absolute Gasteiger partial charge is 0.474 e. The fourth-order valence-corrected chi connectivity index (χ4v) is 0.704. The van der Waals surface area contributed by atoms with Crippen LogP contribution in [0.1, 0.15) is 6.92 Å². The molecule has 0 aromatic heterocycles. The van der Waals surface area contributed by atoms with Crippen molar-refractivity contribution in [1.29, 1.82) is 0 Å². The maximum absolute atomic E-state index is 10.8. The predicted octanol–water partition coefficient (Wildman–Crippen LogP) is -0.436. The lowest BCUT2D eigenvalue weighted by Gasteiger charge is -2.21. The maximum atomic E-state index is 10.8. The molecule has 5 nitrogen and oxygen atoms in total. The van der Waals surface area contributed by atoms with Crippen LogP contribution in [0.2, 0.25) is 0 Å². The number of carbonyl (C=O) groups is 2. The van der Waals surface area contributed by atoms with E-state index in [1.807, 2.05) is 0 Å². The van der Waals surface area contributed by atoms with Gasteiger partial charge < -0.3 is 14.7 Å². The number of carboxylic acid groups (broad SMARTS) is 1. The summed E-state index contributed by atoms with van der Waals surface area (Å²) in [5.74, 6) is -2.36. The number of methoxy groups -OCH3 is 1. The lowest BCUT2D eigenvalue weighted by molar-refractivity contribution is -0.156. The zero-order chi connectivity index (χ0) is 9.72. The van der Waals surface area contributed by atoms with E-state index in [4.69, 9.17) is 9.84 Å². The van der Waals surface area contributed by atoms with Gasteiger partial charge in [0, 0.05) is 14.2 Å². The molecule has 0 aliphatic carbocycles. The second-order valence-electron chi connectivity index (χ2n) is 2.53. The number of carboxylic acids is 1. The third-order valence-corrected chi connectivity index (χ3v) is 1.57. The van der Waals surface area contributed by atoms with Crippen molar-refractivity contribution in [3.63, 3.8) is 0 Å². The number of amides is 1. The number of nitrogens with zero attached hydrogens (tertiary/aromatic N) is 1. The number of rotatable bonds is 3. The highest BCUT2D eigenvalue weighted by molar-refractivity contribution is 6.31. The van der Waals surface area contributed by atoms with Crippen molar-refractivity contribution >= 4 is 11.9 Å². The molecule has 0 saturated carbocycles. The van der Waals surface area contributed by atoms with E-state index in [-0.39, 0.29) is 6.04 Å². The molecule has 1 unspecified atom stereocenters. The van der Waals surface area contributed by atoms with E-state index in [1.54, 1.807) is 6.92 Å². The van der Waals surface area contributed by atoms with Crippen LogP contribution in [0.3, 0.4) is 0 Å². The van der Waals surface area contributed by atoms with Gasteiger partial charge in [-0.1, -0.05) is 0 Å². The Morgan fingerprint density at radius 1 is 1.58 bits per heavy atom. The van der Waals surface area contributed by atoms with Crippen LogP contribution in [0.4, 0.5) is 0 Å². The molecule has 1 N–H and O–H groups in total. The SMILES string of the molecule is COCC(C)N(C)C(=O)C(=O)O. The van der Waals surface area contributed by atoms with Crippen molar-refractivity contribution in [1.82, 2.24) is 4.90 Å². The molecule has 12 heavy (non-hydrogen) atoms. The molecule has 0 heterocycles. The summed E-state index contributed by atoms with van der Waals surface area (Å²) >= 11 is 0. The first kappa shape index (κ1) is 10.9. The minimum atomic E-state index is -1.44. The van der Waals surface area contributed by atoms with Crippen molar-refractivity contribution < 1.29 is 19.4 Å². The third kappa shape index (κ3) is 2.87. The molecule has 0 aliphatic rings. The van der Waals surface area contributed by atoms with E-state index < -0.39 is 11.9 Å². The molecular weight excluding hydrogens is 162 g/mol. The number of carbonyl (C=O) groups excluding carboxylic acids is 1. The van der Waals surface area contributed by atoms with Crippen molar-refractivity contribution in [2.45, 2.75) is 13.0 Å². The summed E-state index contributed by atoms with van der Waals surface area (Å²) in [5, 5.41) is 8.34. The Bertz CT molecular complexity index is 180. The monoisotopic (exact) mass is 175 g/mol. The molecule has 0 radical (unpaired) electrons. The minimum absolute atomic E-state index is 0.224. The summed E-state index contributed by atoms with van der Waals surface area (Å²) < 4.78 is 4.77. The maximum Gasteiger partial charge on any atom is 0.394 e. The molecule has 1 amide bonds. The highest BCUT2D eigenvalue weighted by atomic mass is 16.5. The molecule has 1 atom stereocenters. The summed E-state index contributed by atoms with van der Waals surface area (Å²) in [6.07, 6.45) is 0. The Morgan fingerprint density at radius 3 is 2.42 bits per heavy atom. The molecule has 0 spiro atoms. The minimum Gasteiger partial charge on any atom is -0.474 e. The lowest BCUT2D eigenvalue weighted by atomic mass is 10.3. The average Bonchev–Trinajstić information content (AvgIpc) is 2.02. The first-order valence-corrected chi connectivity index (χ1v) is 3.49. The normalized spacial score (nSPS) is 12.2. The van der Waals surface area contributed by atoms with Gasteiger partial charge in [0.25, 0.3) is 0 Å². The first-order chi connectivity index (χ1) is 5.50. The second kappa shape index (κ2) is 4.71. The average molecular weight is 175 g/mol. The smallest absolute Gasteiger partial charge is 0.394 e. The van der Waals surface area contributed by atoms with E-state index in [0.717, 1.165) is 4.90 Å². The molecule has 0 aromatic carbocycles. The molecule has 0 fully saturated rings. The van der Waals surface area contributed by atoms with Crippen LogP contribution in [0.25, 0.3) is 0 Å². The zero-order valence-electron chi connectivity index (χ0n) is 7.40. The van der Waals surface area contributed by atoms with E-state index in [0.29, 0.717) is 6.61 Å². The predicted molar refractivity (Wildman–Crippen MR) is 41.7 cm³/mol. The van der Waals surface area contributed by atoms with Gasteiger partial charge in [0.2, 0.25) is 0 Å². The zero-order valence-corrected chi connectivity index (χ0v) is 7.40. The van der Waals surface area contributed by atoms with E-state index in [9.17, 15) is 9.59 Å².